The standard InChI is InChI=1S/C14H9ClF2O3S/c15-12-4-3-10(6-11(12)14(18)19)21(20)7-8-1-2-9(16)5-13(8)17/h1-6H,7H2,(H,18,19). The van der Waals surface area contributed by atoms with Crippen molar-refractivity contribution in [3.8, 4) is 0 Å². The van der Waals surface area contributed by atoms with Crippen molar-refractivity contribution >= 4 is 28.4 Å². The zero-order valence-corrected chi connectivity index (χ0v) is 12.0. The number of halogens is 3. The van der Waals surface area contributed by atoms with Crippen molar-refractivity contribution in [2.45, 2.75) is 10.6 Å². The van der Waals surface area contributed by atoms with Gasteiger partial charge in [0.1, 0.15) is 11.6 Å². The SMILES string of the molecule is O=C(O)c1cc(S(=O)Cc2ccc(F)cc2F)ccc1Cl. The molecule has 0 amide bonds. The fourth-order valence-electron chi connectivity index (χ4n) is 1.67. The average molecular weight is 331 g/mol. The number of hydrogen-bond acceptors (Lipinski definition) is 2. The lowest BCUT2D eigenvalue weighted by Crippen LogP contribution is -2.03. The maximum absolute atomic E-state index is 13.5. The van der Waals surface area contributed by atoms with E-state index in [4.69, 9.17) is 16.7 Å². The maximum Gasteiger partial charge on any atom is 0.337 e. The van der Waals surface area contributed by atoms with E-state index in [2.05, 4.69) is 0 Å². The van der Waals surface area contributed by atoms with E-state index in [1.54, 1.807) is 0 Å². The zero-order chi connectivity index (χ0) is 15.6. The molecule has 2 aromatic carbocycles. The lowest BCUT2D eigenvalue weighted by atomic mass is 10.2. The summed E-state index contributed by atoms with van der Waals surface area (Å²) in [4.78, 5) is 11.2. The molecule has 110 valence electrons. The van der Waals surface area contributed by atoms with E-state index < -0.39 is 28.4 Å². The summed E-state index contributed by atoms with van der Waals surface area (Å²) in [5, 5.41) is 8.98. The van der Waals surface area contributed by atoms with Gasteiger partial charge in [-0.2, -0.15) is 0 Å². The fraction of sp³-hybridized carbons (Fsp3) is 0.0714. The third-order valence-electron chi connectivity index (χ3n) is 2.73. The third kappa shape index (κ3) is 3.65. The Morgan fingerprint density at radius 1 is 1.19 bits per heavy atom. The van der Waals surface area contributed by atoms with E-state index >= 15 is 0 Å². The van der Waals surface area contributed by atoms with Crippen LogP contribution in [-0.2, 0) is 16.6 Å². The highest BCUT2D eigenvalue weighted by molar-refractivity contribution is 7.84. The van der Waals surface area contributed by atoms with Gasteiger partial charge < -0.3 is 5.11 Å². The Hall–Kier alpha value is -1.79. The molecule has 1 unspecified atom stereocenters. The predicted octanol–water partition coefficient (Wildman–Crippen LogP) is 3.62. The van der Waals surface area contributed by atoms with Crippen LogP contribution in [0.3, 0.4) is 0 Å². The fourth-order valence-corrected chi connectivity index (χ4v) is 3.02. The first-order chi connectivity index (χ1) is 9.88. The minimum absolute atomic E-state index is 0.0243. The molecule has 0 radical (unpaired) electrons. The summed E-state index contributed by atoms with van der Waals surface area (Å²) in [5.74, 6) is -2.95. The molecule has 0 spiro atoms. The highest BCUT2D eigenvalue weighted by Gasteiger charge is 2.14. The Bertz CT molecular complexity index is 734. The van der Waals surface area contributed by atoms with Crippen molar-refractivity contribution in [1.29, 1.82) is 0 Å². The first-order valence-electron chi connectivity index (χ1n) is 5.73. The number of aromatic carboxylic acids is 1. The van der Waals surface area contributed by atoms with E-state index in [0.29, 0.717) is 6.07 Å². The van der Waals surface area contributed by atoms with Crippen LogP contribution >= 0.6 is 11.6 Å². The predicted molar refractivity (Wildman–Crippen MR) is 74.9 cm³/mol. The van der Waals surface area contributed by atoms with Crippen LogP contribution in [0.15, 0.2) is 41.3 Å². The van der Waals surface area contributed by atoms with Gasteiger partial charge in [-0.05, 0) is 24.3 Å². The van der Waals surface area contributed by atoms with Gasteiger partial charge in [0.15, 0.2) is 0 Å². The lowest BCUT2D eigenvalue weighted by Gasteiger charge is -2.06. The molecule has 2 rings (SSSR count). The molecule has 0 bridgehead atoms. The second kappa shape index (κ2) is 6.32. The van der Waals surface area contributed by atoms with Crippen molar-refractivity contribution in [3.05, 3.63) is 64.2 Å². The Morgan fingerprint density at radius 3 is 2.52 bits per heavy atom. The molecule has 0 aliphatic rings. The Balaban J connectivity index is 2.28. The van der Waals surface area contributed by atoms with E-state index in [9.17, 15) is 17.8 Å². The molecule has 1 N–H and O–H groups in total. The molecular formula is C14H9ClF2O3S. The van der Waals surface area contributed by atoms with Gasteiger partial charge >= 0.3 is 5.97 Å². The highest BCUT2D eigenvalue weighted by Crippen LogP contribution is 2.22. The summed E-state index contributed by atoms with van der Waals surface area (Å²) < 4.78 is 38.5. The van der Waals surface area contributed by atoms with E-state index in [1.165, 1.54) is 24.3 Å². The molecule has 0 saturated carbocycles. The van der Waals surface area contributed by atoms with Gasteiger partial charge in [-0.25, -0.2) is 13.6 Å². The second-order valence-electron chi connectivity index (χ2n) is 4.17. The van der Waals surface area contributed by atoms with Gasteiger partial charge in [0, 0.05) is 16.5 Å². The van der Waals surface area contributed by atoms with Crippen LogP contribution in [0.2, 0.25) is 5.02 Å². The Kier molecular flexibility index (Phi) is 4.69. The van der Waals surface area contributed by atoms with Gasteiger partial charge in [-0.15, -0.1) is 0 Å². The monoisotopic (exact) mass is 330 g/mol. The molecular weight excluding hydrogens is 322 g/mol. The molecule has 0 aromatic heterocycles. The van der Waals surface area contributed by atoms with Crippen LogP contribution in [-0.4, -0.2) is 15.3 Å². The Labute approximate surface area is 126 Å². The molecule has 0 aliphatic heterocycles. The first kappa shape index (κ1) is 15.6. The van der Waals surface area contributed by atoms with Crippen molar-refractivity contribution in [3.63, 3.8) is 0 Å². The topological polar surface area (TPSA) is 54.4 Å². The quantitative estimate of drug-likeness (QED) is 0.931. The van der Waals surface area contributed by atoms with Crippen LogP contribution < -0.4 is 0 Å². The summed E-state index contributed by atoms with van der Waals surface area (Å²) in [7, 11) is -1.67. The van der Waals surface area contributed by atoms with Crippen molar-refractivity contribution < 1.29 is 22.9 Å². The molecule has 21 heavy (non-hydrogen) atoms. The molecule has 0 saturated heterocycles. The molecule has 7 heteroatoms. The molecule has 0 heterocycles. The summed E-state index contributed by atoms with van der Waals surface area (Å²) in [6, 6.07) is 6.89. The molecule has 0 aliphatic carbocycles. The minimum Gasteiger partial charge on any atom is -0.478 e. The summed E-state index contributed by atoms with van der Waals surface area (Å²) in [6.45, 7) is 0. The van der Waals surface area contributed by atoms with E-state index in [0.717, 1.165) is 6.07 Å². The number of carboxylic acid groups (broad SMARTS) is 1. The molecule has 1 atom stereocenters. The highest BCUT2D eigenvalue weighted by atomic mass is 35.5. The number of carbonyl (C=O) groups is 1. The van der Waals surface area contributed by atoms with E-state index in [1.807, 2.05) is 0 Å². The average Bonchev–Trinajstić information content (AvgIpc) is 2.42. The summed E-state index contributed by atoms with van der Waals surface area (Å²) in [6.07, 6.45) is 0. The second-order valence-corrected chi connectivity index (χ2v) is 6.03. The lowest BCUT2D eigenvalue weighted by molar-refractivity contribution is 0.0697. The first-order valence-corrected chi connectivity index (χ1v) is 7.43. The van der Waals surface area contributed by atoms with Crippen molar-refractivity contribution in [2.75, 3.05) is 0 Å². The van der Waals surface area contributed by atoms with Crippen molar-refractivity contribution in [2.24, 2.45) is 0 Å². The van der Waals surface area contributed by atoms with Crippen LogP contribution in [0.1, 0.15) is 15.9 Å². The molecule has 3 nitrogen and oxygen atoms in total. The third-order valence-corrected chi connectivity index (χ3v) is 4.42. The largest absolute Gasteiger partial charge is 0.478 e. The maximum atomic E-state index is 13.5. The number of carboxylic acids is 1. The number of hydrogen-bond donors (Lipinski definition) is 1. The van der Waals surface area contributed by atoms with Gasteiger partial charge in [0.2, 0.25) is 0 Å². The number of benzene rings is 2. The normalized spacial score (nSPS) is 12.1. The van der Waals surface area contributed by atoms with Crippen LogP contribution in [0.5, 0.6) is 0 Å². The summed E-state index contributed by atoms with van der Waals surface area (Å²) in [5.41, 5.74) is -0.0938. The molecule has 2 aromatic rings. The molecule has 0 fully saturated rings. The van der Waals surface area contributed by atoms with E-state index in [-0.39, 0.29) is 26.8 Å². The summed E-state index contributed by atoms with van der Waals surface area (Å²) >= 11 is 5.72. The van der Waals surface area contributed by atoms with Crippen LogP contribution in [0.4, 0.5) is 8.78 Å². The van der Waals surface area contributed by atoms with Gasteiger partial charge in [-0.3, -0.25) is 4.21 Å². The van der Waals surface area contributed by atoms with Gasteiger partial charge in [0.25, 0.3) is 0 Å². The van der Waals surface area contributed by atoms with Gasteiger partial charge in [-0.1, -0.05) is 17.7 Å². The van der Waals surface area contributed by atoms with Gasteiger partial charge in [0.05, 0.1) is 27.1 Å². The Morgan fingerprint density at radius 2 is 1.90 bits per heavy atom. The van der Waals surface area contributed by atoms with Crippen molar-refractivity contribution in [1.82, 2.24) is 0 Å². The zero-order valence-electron chi connectivity index (χ0n) is 10.5. The number of rotatable bonds is 4. The smallest absolute Gasteiger partial charge is 0.337 e. The van der Waals surface area contributed by atoms with Crippen LogP contribution in [0, 0.1) is 11.6 Å². The minimum atomic E-state index is -1.67. The van der Waals surface area contributed by atoms with Crippen LogP contribution in [0.25, 0.3) is 0 Å².